The minimum atomic E-state index is 0.472. The van der Waals surface area contributed by atoms with Gasteiger partial charge in [0.2, 0.25) is 11.8 Å². The van der Waals surface area contributed by atoms with Crippen LogP contribution < -0.4 is 15.0 Å². The predicted octanol–water partition coefficient (Wildman–Crippen LogP) is 2.22. The molecule has 5 nitrogen and oxygen atoms in total. The fourth-order valence-electron chi connectivity index (χ4n) is 2.41. The molecule has 0 saturated carbocycles. The maximum atomic E-state index is 5.25. The molecule has 0 amide bonds. The Morgan fingerprint density at radius 2 is 2.37 bits per heavy atom. The second-order valence-electron chi connectivity index (χ2n) is 4.68. The number of rotatable bonds is 5. The number of anilines is 1. The van der Waals surface area contributed by atoms with Gasteiger partial charge in [-0.3, -0.25) is 0 Å². The van der Waals surface area contributed by atoms with E-state index in [1.165, 1.54) is 19.3 Å². The summed E-state index contributed by atoms with van der Waals surface area (Å²) in [5.41, 5.74) is 0. The summed E-state index contributed by atoms with van der Waals surface area (Å²) in [6.45, 7) is 5.13. The molecule has 1 N–H and O–H groups in total. The first kappa shape index (κ1) is 14.5. The highest BCUT2D eigenvalue weighted by Crippen LogP contribution is 2.27. The average Bonchev–Trinajstić information content (AvgIpc) is 2.46. The first-order valence-electron chi connectivity index (χ1n) is 6.80. The molecule has 0 spiro atoms. The van der Waals surface area contributed by atoms with Crippen molar-refractivity contribution in [3.63, 3.8) is 0 Å². The van der Waals surface area contributed by atoms with Gasteiger partial charge in [0.05, 0.1) is 17.8 Å². The second kappa shape index (κ2) is 7.05. The monoisotopic (exact) mass is 328 g/mol. The summed E-state index contributed by atoms with van der Waals surface area (Å²) >= 11 is 3.39. The molecule has 106 valence electrons. The third-order valence-corrected chi connectivity index (χ3v) is 3.95. The minimum absolute atomic E-state index is 0.472. The normalized spacial score (nSPS) is 19.5. The molecule has 1 fully saturated rings. The Kier molecular flexibility index (Phi) is 5.39. The second-order valence-corrected chi connectivity index (χ2v) is 5.53. The van der Waals surface area contributed by atoms with E-state index in [1.807, 2.05) is 0 Å². The average molecular weight is 329 g/mol. The lowest BCUT2D eigenvalue weighted by atomic mass is 10.0. The van der Waals surface area contributed by atoms with Crippen molar-refractivity contribution < 1.29 is 4.74 Å². The Morgan fingerprint density at radius 3 is 3.11 bits per heavy atom. The lowest BCUT2D eigenvalue weighted by Crippen LogP contribution is -2.46. The number of hydrogen-bond donors (Lipinski definition) is 1. The number of nitrogens with zero attached hydrogens (tertiary/aromatic N) is 3. The molecule has 1 atom stereocenters. The van der Waals surface area contributed by atoms with Crippen molar-refractivity contribution in [3.05, 3.63) is 10.7 Å². The Balaban J connectivity index is 2.16. The maximum Gasteiger partial charge on any atom is 0.232 e. The molecule has 2 heterocycles. The highest BCUT2D eigenvalue weighted by atomic mass is 79.9. The summed E-state index contributed by atoms with van der Waals surface area (Å²) in [5, 5.41) is 3.42. The maximum absolute atomic E-state index is 5.25. The quantitative estimate of drug-likeness (QED) is 0.898. The van der Waals surface area contributed by atoms with E-state index in [4.69, 9.17) is 4.74 Å². The van der Waals surface area contributed by atoms with Crippen LogP contribution in [0.25, 0.3) is 0 Å². The van der Waals surface area contributed by atoms with Gasteiger partial charge in [-0.25, -0.2) is 4.98 Å². The van der Waals surface area contributed by atoms with Gasteiger partial charge in [-0.1, -0.05) is 6.92 Å². The largest absolute Gasteiger partial charge is 0.480 e. The van der Waals surface area contributed by atoms with E-state index >= 15 is 0 Å². The van der Waals surface area contributed by atoms with Crippen LogP contribution in [0.1, 0.15) is 26.2 Å². The van der Waals surface area contributed by atoms with E-state index in [0.29, 0.717) is 11.9 Å². The summed E-state index contributed by atoms with van der Waals surface area (Å²) in [4.78, 5) is 11.2. The van der Waals surface area contributed by atoms with E-state index < -0.39 is 0 Å². The first-order chi connectivity index (χ1) is 9.26. The molecule has 1 aromatic rings. The molecule has 0 aliphatic carbocycles. The summed E-state index contributed by atoms with van der Waals surface area (Å²) < 4.78 is 6.04. The number of likely N-dealkylation sites (N-methyl/N-ethyl adjacent to an activating group) is 1. The van der Waals surface area contributed by atoms with Crippen LogP contribution in [0.5, 0.6) is 5.88 Å². The van der Waals surface area contributed by atoms with Crippen molar-refractivity contribution in [2.24, 2.45) is 0 Å². The smallest absolute Gasteiger partial charge is 0.232 e. The molecule has 0 aromatic carbocycles. The Labute approximate surface area is 122 Å². The number of methoxy groups -OCH3 is 1. The Morgan fingerprint density at radius 1 is 1.53 bits per heavy atom. The van der Waals surface area contributed by atoms with Crippen LogP contribution in [-0.2, 0) is 0 Å². The number of halogens is 1. The molecule has 1 aliphatic rings. The van der Waals surface area contributed by atoms with Crippen molar-refractivity contribution in [1.82, 2.24) is 15.3 Å². The van der Waals surface area contributed by atoms with Crippen LogP contribution in [0.4, 0.5) is 5.95 Å². The molecule has 6 heteroatoms. The summed E-state index contributed by atoms with van der Waals surface area (Å²) in [6, 6.07) is 0.472. The molecule has 0 radical (unpaired) electrons. The zero-order chi connectivity index (χ0) is 13.7. The Bertz CT molecular complexity index is 416. The summed E-state index contributed by atoms with van der Waals surface area (Å²) in [7, 11) is 1.63. The fraction of sp³-hybridized carbons (Fsp3) is 0.692. The lowest BCUT2D eigenvalue weighted by molar-refractivity contribution is 0.389. The predicted molar refractivity (Wildman–Crippen MR) is 79.8 cm³/mol. The molecule has 1 unspecified atom stereocenters. The fourth-order valence-corrected chi connectivity index (χ4v) is 2.76. The summed E-state index contributed by atoms with van der Waals surface area (Å²) in [5.74, 6) is 1.36. The van der Waals surface area contributed by atoms with Crippen LogP contribution in [0.15, 0.2) is 10.7 Å². The van der Waals surface area contributed by atoms with E-state index in [1.54, 1.807) is 13.3 Å². The molecule has 0 bridgehead atoms. The highest BCUT2D eigenvalue weighted by Gasteiger charge is 2.24. The first-order valence-corrected chi connectivity index (χ1v) is 7.59. The van der Waals surface area contributed by atoms with Crippen molar-refractivity contribution in [2.45, 2.75) is 32.2 Å². The van der Waals surface area contributed by atoms with Crippen LogP contribution in [-0.4, -0.2) is 42.8 Å². The van der Waals surface area contributed by atoms with E-state index in [-0.39, 0.29) is 0 Å². The number of nitrogens with one attached hydrogen (secondary N) is 1. The molecule has 1 saturated heterocycles. The van der Waals surface area contributed by atoms with Crippen LogP contribution >= 0.6 is 15.9 Å². The molecule has 1 aromatic heterocycles. The van der Waals surface area contributed by atoms with Gasteiger partial charge in [0.1, 0.15) is 0 Å². The third-order valence-electron chi connectivity index (χ3n) is 3.41. The van der Waals surface area contributed by atoms with E-state index in [2.05, 4.69) is 43.0 Å². The van der Waals surface area contributed by atoms with Gasteiger partial charge < -0.3 is 15.0 Å². The molecular weight excluding hydrogens is 308 g/mol. The van der Waals surface area contributed by atoms with Gasteiger partial charge in [0.15, 0.2) is 0 Å². The van der Waals surface area contributed by atoms with Gasteiger partial charge in [-0.15, -0.1) is 0 Å². The Hall–Kier alpha value is -0.880. The van der Waals surface area contributed by atoms with Crippen LogP contribution in [0.2, 0.25) is 0 Å². The number of piperidine rings is 1. The van der Waals surface area contributed by atoms with Gasteiger partial charge in [0, 0.05) is 19.1 Å². The molecule has 1 aliphatic heterocycles. The zero-order valence-corrected chi connectivity index (χ0v) is 13.1. The molecule has 19 heavy (non-hydrogen) atoms. The zero-order valence-electron chi connectivity index (χ0n) is 11.5. The van der Waals surface area contributed by atoms with Crippen molar-refractivity contribution in [2.75, 3.05) is 31.6 Å². The van der Waals surface area contributed by atoms with Crippen LogP contribution in [0.3, 0.4) is 0 Å². The van der Waals surface area contributed by atoms with Gasteiger partial charge in [-0.2, -0.15) is 4.98 Å². The van der Waals surface area contributed by atoms with Crippen LogP contribution in [0, 0.1) is 0 Å². The number of hydrogen-bond acceptors (Lipinski definition) is 5. The SMILES string of the molecule is CCNCC1CCCCN1c1ncc(Br)c(OC)n1. The highest BCUT2D eigenvalue weighted by molar-refractivity contribution is 9.10. The van der Waals surface area contributed by atoms with Crippen molar-refractivity contribution in [1.29, 1.82) is 0 Å². The van der Waals surface area contributed by atoms with Gasteiger partial charge >= 0.3 is 0 Å². The van der Waals surface area contributed by atoms with E-state index in [9.17, 15) is 0 Å². The van der Waals surface area contributed by atoms with E-state index in [0.717, 1.165) is 30.1 Å². The number of aromatic nitrogens is 2. The van der Waals surface area contributed by atoms with Crippen molar-refractivity contribution in [3.8, 4) is 5.88 Å². The van der Waals surface area contributed by atoms with Gasteiger partial charge in [0.25, 0.3) is 0 Å². The third kappa shape index (κ3) is 3.57. The minimum Gasteiger partial charge on any atom is -0.480 e. The molecule has 2 rings (SSSR count). The van der Waals surface area contributed by atoms with Crippen molar-refractivity contribution >= 4 is 21.9 Å². The summed E-state index contributed by atoms with van der Waals surface area (Å²) in [6.07, 6.45) is 5.43. The van der Waals surface area contributed by atoms with Gasteiger partial charge in [-0.05, 0) is 41.7 Å². The standard InChI is InChI=1S/C13H21BrN4O/c1-3-15-8-10-6-4-5-7-18(10)13-16-9-11(14)12(17-13)19-2/h9-10,15H,3-8H2,1-2H3. The molecular formula is C13H21BrN4O. The lowest BCUT2D eigenvalue weighted by Gasteiger charge is -2.36. The topological polar surface area (TPSA) is 50.3 Å². The number of ether oxygens (including phenoxy) is 1.